The summed E-state index contributed by atoms with van der Waals surface area (Å²) in [6, 6.07) is 3.90. The molecule has 1 rings (SSSR count). The van der Waals surface area contributed by atoms with Crippen LogP contribution in [-0.2, 0) is 9.53 Å². The van der Waals surface area contributed by atoms with Gasteiger partial charge >= 0.3 is 0 Å². The number of aliphatic hydroxyl groups is 1. The van der Waals surface area contributed by atoms with Crippen molar-refractivity contribution in [3.05, 3.63) is 29.6 Å². The van der Waals surface area contributed by atoms with Crippen molar-refractivity contribution in [1.82, 2.24) is 0 Å². The molecule has 0 unspecified atom stereocenters. The predicted octanol–water partition coefficient (Wildman–Crippen LogP) is 1.92. The van der Waals surface area contributed by atoms with Crippen LogP contribution < -0.4 is 5.32 Å². The van der Waals surface area contributed by atoms with E-state index in [4.69, 9.17) is 9.84 Å². The van der Waals surface area contributed by atoms with Crippen molar-refractivity contribution in [1.29, 1.82) is 0 Å². The maximum absolute atomic E-state index is 13.1. The quantitative estimate of drug-likeness (QED) is 0.618. The third kappa shape index (κ3) is 5.83. The van der Waals surface area contributed by atoms with Gasteiger partial charge in [0.2, 0.25) is 5.91 Å². The van der Waals surface area contributed by atoms with E-state index in [1.165, 1.54) is 18.2 Å². The molecule has 0 fully saturated rings. The summed E-state index contributed by atoms with van der Waals surface area (Å²) in [4.78, 5) is 11.7. The SMILES string of the molecule is CCCOCCC(=O)Nc1ccc(F)cc1C#CCO. The number of benzene rings is 1. The number of amides is 1. The van der Waals surface area contributed by atoms with Crippen LogP contribution >= 0.6 is 0 Å². The first kappa shape index (κ1) is 16.2. The number of carbonyl (C=O) groups excluding carboxylic acids is 1. The highest BCUT2D eigenvalue weighted by Crippen LogP contribution is 2.16. The Kier molecular flexibility index (Phi) is 7.33. The first-order valence-electron chi connectivity index (χ1n) is 6.44. The smallest absolute Gasteiger partial charge is 0.226 e. The molecule has 0 aliphatic carbocycles. The molecule has 0 aromatic heterocycles. The van der Waals surface area contributed by atoms with Crippen molar-refractivity contribution in [3.63, 3.8) is 0 Å². The highest BCUT2D eigenvalue weighted by molar-refractivity contribution is 5.92. The van der Waals surface area contributed by atoms with Crippen molar-refractivity contribution in [3.8, 4) is 11.8 Å². The first-order valence-corrected chi connectivity index (χ1v) is 6.44. The first-order chi connectivity index (χ1) is 9.67. The maximum Gasteiger partial charge on any atom is 0.226 e. The second-order valence-corrected chi connectivity index (χ2v) is 4.06. The minimum absolute atomic E-state index is 0.222. The van der Waals surface area contributed by atoms with E-state index < -0.39 is 5.82 Å². The molecule has 0 heterocycles. The Morgan fingerprint density at radius 1 is 1.45 bits per heavy atom. The Hall–Kier alpha value is -1.90. The number of aliphatic hydroxyl groups excluding tert-OH is 1. The third-order valence-electron chi connectivity index (χ3n) is 2.38. The summed E-state index contributed by atoms with van der Waals surface area (Å²) in [7, 11) is 0. The Morgan fingerprint density at radius 2 is 2.25 bits per heavy atom. The van der Waals surface area contributed by atoms with Gasteiger partial charge in [0.1, 0.15) is 12.4 Å². The van der Waals surface area contributed by atoms with Crippen LogP contribution in [0.25, 0.3) is 0 Å². The van der Waals surface area contributed by atoms with E-state index in [9.17, 15) is 9.18 Å². The van der Waals surface area contributed by atoms with Crippen LogP contribution in [0.4, 0.5) is 10.1 Å². The fourth-order valence-electron chi connectivity index (χ4n) is 1.49. The maximum atomic E-state index is 13.1. The van der Waals surface area contributed by atoms with Crippen LogP contribution in [0.1, 0.15) is 25.3 Å². The van der Waals surface area contributed by atoms with Gasteiger partial charge < -0.3 is 15.2 Å². The molecule has 0 saturated carbocycles. The van der Waals surface area contributed by atoms with Gasteiger partial charge in [0.05, 0.1) is 24.3 Å². The summed E-state index contributed by atoms with van der Waals surface area (Å²) in [5.41, 5.74) is 0.759. The van der Waals surface area contributed by atoms with E-state index >= 15 is 0 Å². The number of anilines is 1. The number of rotatable bonds is 6. The molecule has 0 spiro atoms. The Balaban J connectivity index is 2.64. The zero-order valence-corrected chi connectivity index (χ0v) is 11.4. The minimum Gasteiger partial charge on any atom is -0.384 e. The molecule has 0 atom stereocenters. The van der Waals surface area contributed by atoms with Gasteiger partial charge in [0.15, 0.2) is 0 Å². The lowest BCUT2D eigenvalue weighted by atomic mass is 10.1. The van der Waals surface area contributed by atoms with E-state index in [2.05, 4.69) is 17.2 Å². The monoisotopic (exact) mass is 279 g/mol. The van der Waals surface area contributed by atoms with E-state index in [-0.39, 0.29) is 18.9 Å². The lowest BCUT2D eigenvalue weighted by Gasteiger charge is -2.08. The topological polar surface area (TPSA) is 58.6 Å². The summed E-state index contributed by atoms with van der Waals surface area (Å²) in [6.07, 6.45) is 1.13. The fraction of sp³-hybridized carbons (Fsp3) is 0.400. The number of halogens is 1. The molecule has 0 saturated heterocycles. The van der Waals surface area contributed by atoms with Crippen molar-refractivity contribution in [2.24, 2.45) is 0 Å². The molecule has 108 valence electrons. The van der Waals surface area contributed by atoms with Gasteiger partial charge in [-0.2, -0.15) is 0 Å². The Bertz CT molecular complexity index is 506. The van der Waals surface area contributed by atoms with Gasteiger partial charge in [0.25, 0.3) is 0 Å². The van der Waals surface area contributed by atoms with Gasteiger partial charge in [-0.25, -0.2) is 4.39 Å². The Labute approximate surface area is 117 Å². The highest BCUT2D eigenvalue weighted by Gasteiger charge is 2.07. The molecule has 0 radical (unpaired) electrons. The van der Waals surface area contributed by atoms with Gasteiger partial charge in [-0.1, -0.05) is 18.8 Å². The van der Waals surface area contributed by atoms with E-state index in [1.54, 1.807) is 0 Å². The van der Waals surface area contributed by atoms with Crippen LogP contribution in [-0.4, -0.2) is 30.8 Å². The van der Waals surface area contributed by atoms with Crippen LogP contribution in [0.5, 0.6) is 0 Å². The van der Waals surface area contributed by atoms with Crippen molar-refractivity contribution in [2.45, 2.75) is 19.8 Å². The molecule has 1 aromatic rings. The number of hydrogen-bond acceptors (Lipinski definition) is 3. The predicted molar refractivity (Wildman–Crippen MR) is 74.7 cm³/mol. The van der Waals surface area contributed by atoms with Crippen LogP contribution in [0.3, 0.4) is 0 Å². The molecule has 1 aromatic carbocycles. The van der Waals surface area contributed by atoms with E-state index in [0.717, 1.165) is 6.42 Å². The van der Waals surface area contributed by atoms with Gasteiger partial charge in [-0.05, 0) is 24.6 Å². The molecule has 5 heteroatoms. The number of ether oxygens (including phenoxy) is 1. The van der Waals surface area contributed by atoms with Crippen molar-refractivity contribution < 1.29 is 19.0 Å². The van der Waals surface area contributed by atoms with Crippen LogP contribution in [0.2, 0.25) is 0 Å². The van der Waals surface area contributed by atoms with Crippen molar-refractivity contribution >= 4 is 11.6 Å². The molecule has 2 N–H and O–H groups in total. The molecule has 20 heavy (non-hydrogen) atoms. The second-order valence-electron chi connectivity index (χ2n) is 4.06. The number of nitrogens with one attached hydrogen (secondary N) is 1. The summed E-state index contributed by atoms with van der Waals surface area (Å²) >= 11 is 0. The number of carbonyl (C=O) groups is 1. The average molecular weight is 279 g/mol. The lowest BCUT2D eigenvalue weighted by molar-refractivity contribution is -0.117. The van der Waals surface area contributed by atoms with Crippen LogP contribution in [0, 0.1) is 17.7 Å². The van der Waals surface area contributed by atoms with Gasteiger partial charge in [-0.15, -0.1) is 0 Å². The molecular weight excluding hydrogens is 261 g/mol. The number of hydrogen-bond donors (Lipinski definition) is 2. The summed E-state index contributed by atoms with van der Waals surface area (Å²) in [5.74, 6) is 4.36. The zero-order chi connectivity index (χ0) is 14.8. The fourth-order valence-corrected chi connectivity index (χ4v) is 1.49. The largest absolute Gasteiger partial charge is 0.384 e. The summed E-state index contributed by atoms with van der Waals surface area (Å²) in [6.45, 7) is 2.63. The van der Waals surface area contributed by atoms with E-state index in [0.29, 0.717) is 24.5 Å². The highest BCUT2D eigenvalue weighted by atomic mass is 19.1. The summed E-state index contributed by atoms with van der Waals surface area (Å²) in [5, 5.41) is 11.3. The molecule has 0 aliphatic rings. The van der Waals surface area contributed by atoms with Gasteiger partial charge in [-0.3, -0.25) is 4.79 Å². The average Bonchev–Trinajstić information content (AvgIpc) is 2.44. The lowest BCUT2D eigenvalue weighted by Crippen LogP contribution is -2.15. The standard InChI is InChI=1S/C15H18FNO3/c1-2-9-20-10-7-15(19)17-14-6-5-13(16)11-12(14)4-3-8-18/h5-6,11,18H,2,7-10H2,1H3,(H,17,19). The van der Waals surface area contributed by atoms with E-state index in [1.807, 2.05) is 6.92 Å². The van der Waals surface area contributed by atoms with Gasteiger partial charge in [0, 0.05) is 6.61 Å². The van der Waals surface area contributed by atoms with Crippen LogP contribution in [0.15, 0.2) is 18.2 Å². The molecule has 0 aliphatic heterocycles. The molecular formula is C15H18FNO3. The minimum atomic E-state index is -0.448. The van der Waals surface area contributed by atoms with Crippen molar-refractivity contribution in [2.75, 3.05) is 25.1 Å². The second kappa shape index (κ2) is 9.08. The molecule has 4 nitrogen and oxygen atoms in total. The molecule has 1 amide bonds. The zero-order valence-electron chi connectivity index (χ0n) is 11.4. The Morgan fingerprint density at radius 3 is 2.95 bits per heavy atom. The molecule has 0 bridgehead atoms. The third-order valence-corrected chi connectivity index (χ3v) is 2.38. The summed E-state index contributed by atoms with van der Waals surface area (Å²) < 4.78 is 18.4. The normalized spacial score (nSPS) is 9.75.